The topological polar surface area (TPSA) is 40.5 Å². The first-order valence-corrected chi connectivity index (χ1v) is 8.52. The molecule has 0 bridgehead atoms. The van der Waals surface area contributed by atoms with Gasteiger partial charge in [0.05, 0.1) is 0 Å². The van der Waals surface area contributed by atoms with Crippen LogP contribution in [0.15, 0.2) is 84.9 Å². The second-order valence-corrected chi connectivity index (χ2v) is 6.11. The first-order valence-electron chi connectivity index (χ1n) is 7.71. The van der Waals surface area contributed by atoms with Crippen LogP contribution in [0.4, 0.5) is 0 Å². The summed E-state index contributed by atoms with van der Waals surface area (Å²) in [5, 5.41) is 17.8. The van der Waals surface area contributed by atoms with Crippen LogP contribution in [0.5, 0.6) is 0 Å². The lowest BCUT2D eigenvalue weighted by atomic mass is 10.0. The Kier molecular flexibility index (Phi) is 7.26. The van der Waals surface area contributed by atoms with Crippen LogP contribution in [-0.4, -0.2) is 20.3 Å². The Hall–Kier alpha value is -2.56. The maximum absolute atomic E-state index is 9.14. The summed E-state index contributed by atoms with van der Waals surface area (Å²) in [6.07, 6.45) is 0.902. The quantitative estimate of drug-likeness (QED) is 0.604. The Morgan fingerprint density at radius 3 is 1.40 bits per heavy atom. The van der Waals surface area contributed by atoms with Crippen molar-refractivity contribution >= 4 is 34.5 Å². The molecule has 0 aliphatic heterocycles. The summed E-state index contributed by atoms with van der Waals surface area (Å²) in [5.41, 5.74) is 3.90. The molecule has 0 amide bonds. The third kappa shape index (κ3) is 6.45. The van der Waals surface area contributed by atoms with Crippen LogP contribution in [-0.2, 0) is 6.42 Å². The van der Waals surface area contributed by atoms with E-state index < -0.39 is 0 Å². The third-order valence-corrected chi connectivity index (χ3v) is 3.94. The number of hydrogen-bond acceptors (Lipinski definition) is 2. The van der Waals surface area contributed by atoms with Crippen LogP contribution in [0, 0.1) is 0 Å². The average molecular weight is 367 g/mol. The Morgan fingerprint density at radius 1 is 0.560 bits per heavy atom. The fourth-order valence-corrected chi connectivity index (χ4v) is 2.45. The Labute approximate surface area is 158 Å². The van der Waals surface area contributed by atoms with E-state index in [0.29, 0.717) is 11.1 Å². The molecule has 2 nitrogen and oxygen atoms in total. The first kappa shape index (κ1) is 18.8. The van der Waals surface area contributed by atoms with Gasteiger partial charge in [-0.05, 0) is 42.0 Å². The molecule has 3 rings (SSSR count). The van der Waals surface area contributed by atoms with Gasteiger partial charge in [0.2, 0.25) is 0 Å². The summed E-state index contributed by atoms with van der Waals surface area (Å²) in [6.45, 7) is 0. The minimum Gasteiger partial charge on any atom is -0.499 e. The molecule has 0 radical (unpaired) electrons. The molecule has 4 heteroatoms. The van der Waals surface area contributed by atoms with Crippen molar-refractivity contribution < 1.29 is 10.2 Å². The predicted molar refractivity (Wildman–Crippen MR) is 111 cm³/mol. The van der Waals surface area contributed by atoms with Gasteiger partial charge in [-0.3, -0.25) is 0 Å². The molecule has 0 fully saturated rings. The molecule has 2 N–H and O–H groups in total. The van der Waals surface area contributed by atoms with Crippen LogP contribution in [0.2, 0.25) is 0 Å². The van der Waals surface area contributed by atoms with Crippen LogP contribution >= 0.6 is 24.4 Å². The van der Waals surface area contributed by atoms with Gasteiger partial charge in [0.1, 0.15) is 0 Å². The Balaban J connectivity index is 0.000000212. The smallest absolute Gasteiger partial charge is 0.188 e. The van der Waals surface area contributed by atoms with Gasteiger partial charge in [-0.1, -0.05) is 84.9 Å². The second-order valence-electron chi connectivity index (χ2n) is 5.34. The van der Waals surface area contributed by atoms with Crippen LogP contribution < -0.4 is 0 Å². The average Bonchev–Trinajstić information content (AvgIpc) is 2.64. The lowest BCUT2D eigenvalue weighted by molar-refractivity contribution is 0.570. The SMILES string of the molecule is OC(=S)c1ccc(Cc2ccccc2)cc1.OC(=S)c1ccccc1. The van der Waals surface area contributed by atoms with E-state index in [2.05, 4.69) is 24.4 Å². The summed E-state index contributed by atoms with van der Waals surface area (Å²) in [4.78, 5) is 0. The number of benzene rings is 3. The summed E-state index contributed by atoms with van der Waals surface area (Å²) in [7, 11) is 0. The van der Waals surface area contributed by atoms with E-state index in [0.717, 1.165) is 6.42 Å². The Bertz CT molecular complexity index is 814. The summed E-state index contributed by atoms with van der Waals surface area (Å²) < 4.78 is 0. The highest BCUT2D eigenvalue weighted by Gasteiger charge is 1.99. The van der Waals surface area contributed by atoms with Gasteiger partial charge in [-0.2, -0.15) is 0 Å². The van der Waals surface area contributed by atoms with E-state index in [4.69, 9.17) is 22.4 Å². The first-order chi connectivity index (χ1) is 12.1. The van der Waals surface area contributed by atoms with Crippen molar-refractivity contribution in [1.29, 1.82) is 0 Å². The highest BCUT2D eigenvalue weighted by molar-refractivity contribution is 7.80. The molecule has 0 saturated carbocycles. The summed E-state index contributed by atoms with van der Waals surface area (Å²) in [5.74, 6) is 0. The Morgan fingerprint density at radius 2 is 0.960 bits per heavy atom. The van der Waals surface area contributed by atoms with Crippen LogP contribution in [0.25, 0.3) is 0 Å². The van der Waals surface area contributed by atoms with Crippen molar-refractivity contribution in [3.63, 3.8) is 0 Å². The number of aliphatic hydroxyl groups is 2. The van der Waals surface area contributed by atoms with E-state index in [1.165, 1.54) is 11.1 Å². The molecular weight excluding hydrogens is 348 g/mol. The largest absolute Gasteiger partial charge is 0.499 e. The molecule has 0 heterocycles. The zero-order chi connectivity index (χ0) is 18.1. The van der Waals surface area contributed by atoms with E-state index in [-0.39, 0.29) is 10.1 Å². The molecule has 0 aliphatic carbocycles. The molecule has 0 saturated heterocycles. The van der Waals surface area contributed by atoms with Gasteiger partial charge in [0.25, 0.3) is 0 Å². The molecule has 0 unspecified atom stereocenters. The van der Waals surface area contributed by atoms with Crippen molar-refractivity contribution in [3.8, 4) is 0 Å². The summed E-state index contributed by atoms with van der Waals surface area (Å²) >= 11 is 9.21. The van der Waals surface area contributed by atoms with Crippen molar-refractivity contribution in [3.05, 3.63) is 107 Å². The fraction of sp³-hybridized carbons (Fsp3) is 0.0476. The van der Waals surface area contributed by atoms with Crippen molar-refractivity contribution in [2.24, 2.45) is 0 Å². The maximum atomic E-state index is 9.14. The van der Waals surface area contributed by atoms with Gasteiger partial charge in [0, 0.05) is 11.1 Å². The minimum atomic E-state index is -0.0498. The summed E-state index contributed by atoms with van der Waals surface area (Å²) in [6, 6.07) is 27.0. The highest BCUT2D eigenvalue weighted by atomic mass is 32.1. The molecule has 25 heavy (non-hydrogen) atoms. The van der Waals surface area contributed by atoms with Crippen molar-refractivity contribution in [2.45, 2.75) is 6.42 Å². The van der Waals surface area contributed by atoms with E-state index in [9.17, 15) is 0 Å². The monoisotopic (exact) mass is 366 g/mol. The standard InChI is InChI=1S/C14H12OS.C7H6OS/c15-14(16)13-8-6-12(7-9-13)10-11-4-2-1-3-5-11;8-7(9)6-4-2-1-3-5-6/h1-9H,10H2,(H,15,16);1-5H,(H,8,9). The van der Waals surface area contributed by atoms with Gasteiger partial charge >= 0.3 is 0 Å². The van der Waals surface area contributed by atoms with Gasteiger partial charge < -0.3 is 10.2 Å². The molecule has 0 aliphatic rings. The molecular formula is C21H18O2S2. The van der Waals surface area contributed by atoms with Crippen LogP contribution in [0.3, 0.4) is 0 Å². The van der Waals surface area contributed by atoms with Gasteiger partial charge in [0.15, 0.2) is 10.1 Å². The van der Waals surface area contributed by atoms with Gasteiger partial charge in [-0.25, -0.2) is 0 Å². The van der Waals surface area contributed by atoms with E-state index in [1.54, 1.807) is 12.1 Å². The molecule has 3 aromatic rings. The molecule has 126 valence electrons. The second kappa shape index (κ2) is 9.67. The molecule has 0 aromatic heterocycles. The fourth-order valence-electron chi connectivity index (χ4n) is 2.18. The number of aliphatic hydroxyl groups excluding tert-OH is 2. The van der Waals surface area contributed by atoms with Crippen LogP contribution in [0.1, 0.15) is 22.3 Å². The lowest BCUT2D eigenvalue weighted by Gasteiger charge is -2.02. The normalized spacial score (nSPS) is 9.60. The molecule has 3 aromatic carbocycles. The molecule has 0 spiro atoms. The zero-order valence-electron chi connectivity index (χ0n) is 13.5. The zero-order valence-corrected chi connectivity index (χ0v) is 15.1. The van der Waals surface area contributed by atoms with Crippen molar-refractivity contribution in [2.75, 3.05) is 0 Å². The highest BCUT2D eigenvalue weighted by Crippen LogP contribution is 2.10. The molecule has 0 atom stereocenters. The predicted octanol–water partition coefficient (Wildman–Crippen LogP) is 5.43. The van der Waals surface area contributed by atoms with Crippen molar-refractivity contribution in [1.82, 2.24) is 0 Å². The van der Waals surface area contributed by atoms with E-state index >= 15 is 0 Å². The number of thiocarbonyl (C=S) groups is 2. The van der Waals surface area contributed by atoms with Gasteiger partial charge in [-0.15, -0.1) is 0 Å². The van der Waals surface area contributed by atoms with E-state index in [1.807, 2.05) is 60.7 Å². The number of hydrogen-bond donors (Lipinski definition) is 2. The maximum Gasteiger partial charge on any atom is 0.188 e. The minimum absolute atomic E-state index is 0.0457. The lowest BCUT2D eigenvalue weighted by Crippen LogP contribution is -1.95. The number of rotatable bonds is 4. The third-order valence-electron chi connectivity index (χ3n) is 3.47.